The van der Waals surface area contributed by atoms with Gasteiger partial charge in [-0.05, 0) is 12.8 Å². The van der Waals surface area contributed by atoms with Crippen molar-refractivity contribution in [3.63, 3.8) is 0 Å². The third-order valence-corrected chi connectivity index (χ3v) is 0.451. The summed E-state index contributed by atoms with van der Waals surface area (Å²) in [7, 11) is 0. The SMILES string of the molecule is CC(=C=N)CO. The Hall–Kier alpha value is -0.590. The first-order valence-corrected chi connectivity index (χ1v) is 1.67. The summed E-state index contributed by atoms with van der Waals surface area (Å²) in [6.07, 6.45) is 0. The molecule has 0 aliphatic carbocycles. The third-order valence-electron chi connectivity index (χ3n) is 0.451. The average Bonchev–Trinajstić information content (AvgIpc) is 1.65. The molecule has 0 radical (unpaired) electrons. The van der Waals surface area contributed by atoms with Gasteiger partial charge in [0.15, 0.2) is 0 Å². The van der Waals surface area contributed by atoms with Crippen molar-refractivity contribution in [3.05, 3.63) is 5.57 Å². The van der Waals surface area contributed by atoms with Crippen LogP contribution in [0.25, 0.3) is 0 Å². The summed E-state index contributed by atoms with van der Waals surface area (Å²) in [5.74, 6) is 2.03. The largest absolute Gasteiger partial charge is 0.391 e. The first kappa shape index (κ1) is 5.41. The fourth-order valence-corrected chi connectivity index (χ4v) is 0.0395. The molecular formula is C4H7NO. The highest BCUT2D eigenvalue weighted by atomic mass is 16.3. The van der Waals surface area contributed by atoms with E-state index in [1.807, 2.05) is 5.87 Å². The second-order valence-corrected chi connectivity index (χ2v) is 1.06. The van der Waals surface area contributed by atoms with Crippen LogP contribution in [0, 0.1) is 5.41 Å². The Balaban J connectivity index is 3.52. The molecule has 0 bridgehead atoms. The number of nitrogens with one attached hydrogen (secondary N) is 1. The molecular weight excluding hydrogens is 78.0 g/mol. The summed E-state index contributed by atoms with van der Waals surface area (Å²) >= 11 is 0. The predicted octanol–water partition coefficient (Wildman–Crippen LogP) is 0.173. The lowest BCUT2D eigenvalue weighted by atomic mass is 10.4. The van der Waals surface area contributed by atoms with Gasteiger partial charge in [-0.25, -0.2) is 0 Å². The van der Waals surface area contributed by atoms with Crippen LogP contribution in [-0.4, -0.2) is 17.6 Å². The predicted molar refractivity (Wildman–Crippen MR) is 24.0 cm³/mol. The van der Waals surface area contributed by atoms with E-state index in [-0.39, 0.29) is 6.61 Å². The molecule has 0 saturated carbocycles. The molecule has 0 aromatic heterocycles. The molecule has 0 spiro atoms. The zero-order valence-corrected chi connectivity index (χ0v) is 3.65. The molecule has 6 heavy (non-hydrogen) atoms. The van der Waals surface area contributed by atoms with Crippen LogP contribution in [0.1, 0.15) is 6.92 Å². The van der Waals surface area contributed by atoms with E-state index < -0.39 is 0 Å². The van der Waals surface area contributed by atoms with Crippen molar-refractivity contribution in [2.45, 2.75) is 6.92 Å². The summed E-state index contributed by atoms with van der Waals surface area (Å²) in [6.45, 7) is 1.59. The fraction of sp³-hybridized carbons (Fsp3) is 0.500. The molecule has 0 amide bonds. The first-order valence-electron chi connectivity index (χ1n) is 1.67. The lowest BCUT2D eigenvalue weighted by Gasteiger charge is -1.78. The minimum atomic E-state index is -0.0521. The Morgan fingerprint density at radius 1 is 2.00 bits per heavy atom. The molecule has 0 unspecified atom stereocenters. The van der Waals surface area contributed by atoms with Gasteiger partial charge in [0.25, 0.3) is 0 Å². The highest BCUT2D eigenvalue weighted by Crippen LogP contribution is 1.75. The Morgan fingerprint density at radius 2 is 2.50 bits per heavy atom. The first-order chi connectivity index (χ1) is 2.81. The van der Waals surface area contributed by atoms with E-state index in [9.17, 15) is 0 Å². The zero-order valence-electron chi connectivity index (χ0n) is 3.65. The van der Waals surface area contributed by atoms with E-state index in [4.69, 9.17) is 10.5 Å². The third kappa shape index (κ3) is 1.70. The summed E-state index contributed by atoms with van der Waals surface area (Å²) in [6, 6.07) is 0. The van der Waals surface area contributed by atoms with Gasteiger partial charge < -0.3 is 5.11 Å². The maximum atomic E-state index is 8.12. The van der Waals surface area contributed by atoms with Gasteiger partial charge in [-0.1, -0.05) is 0 Å². The summed E-state index contributed by atoms with van der Waals surface area (Å²) in [5.41, 5.74) is 0.565. The molecule has 0 aliphatic heterocycles. The molecule has 0 aliphatic rings. The molecule has 0 atom stereocenters. The van der Waals surface area contributed by atoms with Gasteiger partial charge in [-0.15, -0.1) is 0 Å². The number of rotatable bonds is 1. The molecule has 34 valence electrons. The molecule has 0 heterocycles. The fourth-order valence-electron chi connectivity index (χ4n) is 0.0395. The van der Waals surface area contributed by atoms with Crippen LogP contribution in [-0.2, 0) is 0 Å². The summed E-state index contributed by atoms with van der Waals surface area (Å²) < 4.78 is 0. The minimum Gasteiger partial charge on any atom is -0.391 e. The maximum absolute atomic E-state index is 8.12. The van der Waals surface area contributed by atoms with E-state index in [0.717, 1.165) is 0 Å². The highest BCUT2D eigenvalue weighted by Gasteiger charge is 1.74. The lowest BCUT2D eigenvalue weighted by molar-refractivity contribution is 0.333. The van der Waals surface area contributed by atoms with Crippen molar-refractivity contribution >= 4 is 5.87 Å². The highest BCUT2D eigenvalue weighted by molar-refractivity contribution is 5.53. The van der Waals surface area contributed by atoms with Gasteiger partial charge in [0.05, 0.1) is 6.61 Å². The Bertz CT molecular complexity index is 81.5. The van der Waals surface area contributed by atoms with Crippen molar-refractivity contribution in [2.24, 2.45) is 0 Å². The number of hydrogen-bond acceptors (Lipinski definition) is 2. The average molecular weight is 85.1 g/mol. The smallest absolute Gasteiger partial charge is 0.0728 e. The Labute approximate surface area is 36.6 Å². The van der Waals surface area contributed by atoms with E-state index in [1.165, 1.54) is 0 Å². The number of aliphatic hydroxyl groups is 1. The van der Waals surface area contributed by atoms with Gasteiger partial charge in [0.1, 0.15) is 0 Å². The molecule has 0 aromatic carbocycles. The summed E-state index contributed by atoms with van der Waals surface area (Å²) in [4.78, 5) is 0. The van der Waals surface area contributed by atoms with E-state index in [0.29, 0.717) is 5.57 Å². The van der Waals surface area contributed by atoms with Gasteiger partial charge >= 0.3 is 0 Å². The van der Waals surface area contributed by atoms with Gasteiger partial charge in [0.2, 0.25) is 0 Å². The van der Waals surface area contributed by atoms with Gasteiger partial charge in [-0.2, -0.15) is 0 Å². The van der Waals surface area contributed by atoms with Crippen LogP contribution < -0.4 is 0 Å². The molecule has 0 aromatic rings. The van der Waals surface area contributed by atoms with Crippen LogP contribution in [0.2, 0.25) is 0 Å². The normalized spacial score (nSPS) is 7.00. The molecule has 2 nitrogen and oxygen atoms in total. The van der Waals surface area contributed by atoms with Crippen LogP contribution in [0.5, 0.6) is 0 Å². The Morgan fingerprint density at radius 3 is 2.50 bits per heavy atom. The van der Waals surface area contributed by atoms with Crippen LogP contribution in [0.4, 0.5) is 0 Å². The lowest BCUT2D eigenvalue weighted by Crippen LogP contribution is -1.81. The quantitative estimate of drug-likeness (QED) is 0.438. The van der Waals surface area contributed by atoms with Crippen LogP contribution in [0.3, 0.4) is 0 Å². The van der Waals surface area contributed by atoms with Crippen molar-refractivity contribution < 1.29 is 5.11 Å². The van der Waals surface area contributed by atoms with Crippen molar-refractivity contribution in [2.75, 3.05) is 6.61 Å². The van der Waals surface area contributed by atoms with Gasteiger partial charge in [-0.3, -0.25) is 5.41 Å². The molecule has 0 rings (SSSR count). The maximum Gasteiger partial charge on any atom is 0.0728 e. The molecule has 0 saturated heterocycles. The standard InChI is InChI=1S/C4H7NO/c1-4(2-5)3-6/h5-6H,3H2,1H3. The molecule has 2 heteroatoms. The van der Waals surface area contributed by atoms with Gasteiger partial charge in [0, 0.05) is 5.57 Å². The van der Waals surface area contributed by atoms with E-state index >= 15 is 0 Å². The number of aliphatic hydroxyl groups excluding tert-OH is 1. The second-order valence-electron chi connectivity index (χ2n) is 1.06. The summed E-state index contributed by atoms with van der Waals surface area (Å²) in [5, 5.41) is 14.5. The number of hydrogen-bond donors (Lipinski definition) is 2. The Kier molecular flexibility index (Phi) is 2.38. The second kappa shape index (κ2) is 2.64. The minimum absolute atomic E-state index is 0.0521. The molecule has 2 N–H and O–H groups in total. The van der Waals surface area contributed by atoms with Crippen molar-refractivity contribution in [1.82, 2.24) is 0 Å². The van der Waals surface area contributed by atoms with Crippen molar-refractivity contribution in [3.8, 4) is 0 Å². The monoisotopic (exact) mass is 85.1 g/mol. The van der Waals surface area contributed by atoms with Crippen LogP contribution >= 0.6 is 0 Å². The van der Waals surface area contributed by atoms with Crippen molar-refractivity contribution in [1.29, 1.82) is 5.41 Å². The topological polar surface area (TPSA) is 44.1 Å². The zero-order chi connectivity index (χ0) is 4.99. The van der Waals surface area contributed by atoms with E-state index in [2.05, 4.69) is 0 Å². The molecule has 0 fully saturated rings. The van der Waals surface area contributed by atoms with E-state index in [1.54, 1.807) is 6.92 Å². The van der Waals surface area contributed by atoms with Crippen LogP contribution in [0.15, 0.2) is 5.57 Å².